The number of fused-ring (bicyclic) bond motifs is 1. The summed E-state index contributed by atoms with van der Waals surface area (Å²) >= 11 is 0. The van der Waals surface area contributed by atoms with Gasteiger partial charge in [-0.25, -0.2) is 9.97 Å². The highest BCUT2D eigenvalue weighted by Gasteiger charge is 2.12. The third kappa shape index (κ3) is 2.46. The maximum atomic E-state index is 5.96. The highest BCUT2D eigenvalue weighted by Crippen LogP contribution is 2.28. The molecule has 0 amide bonds. The fourth-order valence-corrected chi connectivity index (χ4v) is 2.82. The van der Waals surface area contributed by atoms with Gasteiger partial charge in [0.2, 0.25) is 0 Å². The molecule has 0 radical (unpaired) electrons. The first-order chi connectivity index (χ1) is 9.78. The molecule has 0 unspecified atom stereocenters. The number of nitrogen functional groups attached to an aromatic ring is 1. The van der Waals surface area contributed by atoms with Gasteiger partial charge >= 0.3 is 0 Å². The minimum Gasteiger partial charge on any atom is -0.383 e. The Labute approximate surface area is 119 Å². The van der Waals surface area contributed by atoms with E-state index < -0.39 is 0 Å². The van der Waals surface area contributed by atoms with Crippen LogP contribution in [0.15, 0.2) is 24.5 Å². The van der Waals surface area contributed by atoms with Crippen molar-refractivity contribution in [3.63, 3.8) is 0 Å². The zero-order valence-electron chi connectivity index (χ0n) is 11.8. The van der Waals surface area contributed by atoms with Gasteiger partial charge in [0.15, 0.2) is 0 Å². The Bertz CT molecular complexity index is 622. The molecule has 4 nitrogen and oxygen atoms in total. The lowest BCUT2D eigenvalue weighted by atomic mass is 10.1. The van der Waals surface area contributed by atoms with E-state index in [4.69, 9.17) is 5.73 Å². The molecule has 0 atom stereocenters. The smallest absolute Gasteiger partial charge is 0.139 e. The number of nitrogens with two attached hydrogens (primary N) is 1. The Hall–Kier alpha value is -2.10. The Kier molecular flexibility index (Phi) is 3.54. The minimum absolute atomic E-state index is 0.575. The molecule has 1 aromatic carbocycles. The van der Waals surface area contributed by atoms with Crippen molar-refractivity contribution < 1.29 is 0 Å². The van der Waals surface area contributed by atoms with Gasteiger partial charge in [0.05, 0.1) is 0 Å². The number of nitrogens with zero attached hydrogens (tertiary/aromatic N) is 2. The molecule has 0 spiro atoms. The van der Waals surface area contributed by atoms with E-state index in [1.807, 2.05) is 0 Å². The summed E-state index contributed by atoms with van der Waals surface area (Å²) in [6, 6.07) is 6.57. The van der Waals surface area contributed by atoms with Gasteiger partial charge in [0.1, 0.15) is 18.0 Å². The summed E-state index contributed by atoms with van der Waals surface area (Å²) < 4.78 is 0. The average molecular weight is 268 g/mol. The summed E-state index contributed by atoms with van der Waals surface area (Å²) in [6.45, 7) is 2.13. The van der Waals surface area contributed by atoms with Gasteiger partial charge in [-0.15, -0.1) is 0 Å². The quantitative estimate of drug-likeness (QED) is 0.893. The molecule has 2 aromatic rings. The molecule has 4 heteroatoms. The molecule has 0 bridgehead atoms. The number of nitrogens with one attached hydrogen (secondary N) is 1. The maximum Gasteiger partial charge on any atom is 0.139 e. The van der Waals surface area contributed by atoms with Gasteiger partial charge in [-0.1, -0.05) is 19.4 Å². The number of aromatic nitrogens is 2. The number of hydrogen-bond acceptors (Lipinski definition) is 4. The second-order valence-electron chi connectivity index (χ2n) is 5.30. The van der Waals surface area contributed by atoms with Crippen molar-refractivity contribution in [2.75, 3.05) is 11.1 Å². The number of rotatable bonds is 4. The van der Waals surface area contributed by atoms with Gasteiger partial charge in [-0.3, -0.25) is 0 Å². The van der Waals surface area contributed by atoms with E-state index >= 15 is 0 Å². The molecule has 0 saturated heterocycles. The van der Waals surface area contributed by atoms with Crippen LogP contribution < -0.4 is 11.1 Å². The van der Waals surface area contributed by atoms with E-state index in [-0.39, 0.29) is 0 Å². The number of hydrogen-bond donors (Lipinski definition) is 2. The van der Waals surface area contributed by atoms with E-state index in [1.54, 1.807) is 0 Å². The summed E-state index contributed by atoms with van der Waals surface area (Å²) in [5.74, 6) is 1.41. The van der Waals surface area contributed by atoms with Crippen LogP contribution in [0.3, 0.4) is 0 Å². The highest BCUT2D eigenvalue weighted by atomic mass is 15.0. The normalized spacial score (nSPS) is 13.2. The summed E-state index contributed by atoms with van der Waals surface area (Å²) in [4.78, 5) is 8.43. The summed E-state index contributed by atoms with van der Waals surface area (Å²) in [5.41, 5.74) is 11.0. The molecule has 0 aliphatic heterocycles. The fraction of sp³-hybridized carbons (Fsp3) is 0.375. The SMILES string of the molecule is CCCc1c(N)ncnc1Nc1ccc2c(c1)CCC2. The predicted octanol–water partition coefficient (Wildman–Crippen LogP) is 3.24. The maximum absolute atomic E-state index is 5.96. The Balaban J connectivity index is 1.89. The van der Waals surface area contributed by atoms with Crippen LogP contribution >= 0.6 is 0 Å². The predicted molar refractivity (Wildman–Crippen MR) is 82.2 cm³/mol. The molecule has 1 aliphatic rings. The monoisotopic (exact) mass is 268 g/mol. The van der Waals surface area contributed by atoms with Crippen molar-refractivity contribution in [2.24, 2.45) is 0 Å². The summed E-state index contributed by atoms with van der Waals surface area (Å²) in [7, 11) is 0. The van der Waals surface area contributed by atoms with Crippen LogP contribution in [0.1, 0.15) is 36.5 Å². The average Bonchev–Trinajstić information content (AvgIpc) is 2.90. The number of benzene rings is 1. The molecule has 0 saturated carbocycles. The van der Waals surface area contributed by atoms with Crippen LogP contribution in [0, 0.1) is 0 Å². The van der Waals surface area contributed by atoms with E-state index in [9.17, 15) is 0 Å². The lowest BCUT2D eigenvalue weighted by Crippen LogP contribution is -2.05. The molecular weight excluding hydrogens is 248 g/mol. The van der Waals surface area contributed by atoms with Crippen LogP contribution in [-0.2, 0) is 19.3 Å². The van der Waals surface area contributed by atoms with Crippen LogP contribution in [0.2, 0.25) is 0 Å². The fourth-order valence-electron chi connectivity index (χ4n) is 2.82. The highest BCUT2D eigenvalue weighted by molar-refractivity contribution is 5.65. The zero-order valence-corrected chi connectivity index (χ0v) is 11.8. The second kappa shape index (κ2) is 5.49. The third-order valence-corrected chi connectivity index (χ3v) is 3.84. The zero-order chi connectivity index (χ0) is 13.9. The summed E-state index contributed by atoms with van der Waals surface area (Å²) in [5, 5.41) is 3.40. The molecule has 3 rings (SSSR count). The van der Waals surface area contributed by atoms with E-state index in [1.165, 1.54) is 36.7 Å². The largest absolute Gasteiger partial charge is 0.383 e. The van der Waals surface area contributed by atoms with Gasteiger partial charge in [-0.2, -0.15) is 0 Å². The topological polar surface area (TPSA) is 63.8 Å². The van der Waals surface area contributed by atoms with Gasteiger partial charge in [-0.05, 0) is 48.9 Å². The van der Waals surface area contributed by atoms with Crippen molar-refractivity contribution in [1.29, 1.82) is 0 Å². The van der Waals surface area contributed by atoms with Gasteiger partial charge in [0.25, 0.3) is 0 Å². The van der Waals surface area contributed by atoms with Crippen molar-refractivity contribution >= 4 is 17.3 Å². The van der Waals surface area contributed by atoms with Gasteiger partial charge < -0.3 is 11.1 Å². The third-order valence-electron chi connectivity index (χ3n) is 3.84. The van der Waals surface area contributed by atoms with E-state index in [0.717, 1.165) is 29.9 Å². The Morgan fingerprint density at radius 1 is 1.20 bits per heavy atom. The van der Waals surface area contributed by atoms with Crippen LogP contribution in [0.25, 0.3) is 0 Å². The molecular formula is C16H20N4. The molecule has 20 heavy (non-hydrogen) atoms. The first-order valence-electron chi connectivity index (χ1n) is 7.26. The molecule has 3 N–H and O–H groups in total. The minimum atomic E-state index is 0.575. The van der Waals surface area contributed by atoms with Crippen LogP contribution in [0.4, 0.5) is 17.3 Å². The molecule has 104 valence electrons. The van der Waals surface area contributed by atoms with E-state index in [2.05, 4.69) is 40.4 Å². The molecule has 1 aliphatic carbocycles. The van der Waals surface area contributed by atoms with Crippen LogP contribution in [0.5, 0.6) is 0 Å². The standard InChI is InChI=1S/C16H20N4/c1-2-4-14-15(17)18-10-19-16(14)20-13-8-7-11-5-3-6-12(11)9-13/h7-10H,2-6H2,1H3,(H3,17,18,19,20). The van der Waals surface area contributed by atoms with Crippen LogP contribution in [-0.4, -0.2) is 9.97 Å². The number of aryl methyl sites for hydroxylation is 2. The Morgan fingerprint density at radius 3 is 2.90 bits per heavy atom. The van der Waals surface area contributed by atoms with Gasteiger partial charge in [0, 0.05) is 11.3 Å². The first-order valence-corrected chi connectivity index (χ1v) is 7.26. The van der Waals surface area contributed by atoms with Crippen molar-refractivity contribution in [1.82, 2.24) is 9.97 Å². The number of anilines is 3. The second-order valence-corrected chi connectivity index (χ2v) is 5.30. The van der Waals surface area contributed by atoms with Crippen molar-refractivity contribution in [2.45, 2.75) is 39.0 Å². The van der Waals surface area contributed by atoms with Crippen molar-refractivity contribution in [3.05, 3.63) is 41.2 Å². The Morgan fingerprint density at radius 2 is 2.05 bits per heavy atom. The lowest BCUT2D eigenvalue weighted by Gasteiger charge is -2.12. The molecule has 1 aromatic heterocycles. The molecule has 0 fully saturated rings. The van der Waals surface area contributed by atoms with E-state index in [0.29, 0.717) is 5.82 Å². The molecule has 1 heterocycles. The lowest BCUT2D eigenvalue weighted by molar-refractivity contribution is 0.908. The first kappa shape index (κ1) is 12.9. The summed E-state index contributed by atoms with van der Waals surface area (Å²) in [6.07, 6.45) is 7.08. The van der Waals surface area contributed by atoms with Crippen molar-refractivity contribution in [3.8, 4) is 0 Å².